The smallest absolute Gasteiger partial charge is 0.357 e. The maximum Gasteiger partial charge on any atom is 0.357 e. The maximum atomic E-state index is 10.8. The first-order chi connectivity index (χ1) is 5.43. The van der Waals surface area contributed by atoms with Crippen molar-refractivity contribution < 1.29 is 14.8 Å². The number of aliphatic carboxylic acids is 1. The zero-order valence-electron chi connectivity index (χ0n) is 7.20. The molecule has 0 saturated carbocycles. The van der Waals surface area contributed by atoms with Crippen molar-refractivity contribution in [2.24, 2.45) is 5.92 Å². The van der Waals surface area contributed by atoms with Gasteiger partial charge in [0, 0.05) is 5.92 Å². The third-order valence-corrected chi connectivity index (χ3v) is 1.05. The van der Waals surface area contributed by atoms with E-state index >= 15 is 0 Å². The molecule has 2 N–H and O–H groups in total. The topological polar surface area (TPSA) is 69.4 Å². The lowest BCUT2D eigenvalue weighted by Gasteiger charge is -1.98. The molecule has 0 aliphatic carbocycles. The van der Waals surface area contributed by atoms with E-state index in [1.54, 1.807) is 0 Å². The van der Waals surface area contributed by atoms with Gasteiger partial charge in [0.2, 0.25) is 6.54 Å². The molecule has 5 heteroatoms. The molecule has 12 heavy (non-hydrogen) atoms. The number of nitroso groups, excluding NO2 is 1. The van der Waals surface area contributed by atoms with Crippen LogP contribution in [0.25, 0.3) is 0 Å². The number of carboxylic acid groups (broad SMARTS) is 1. The fourth-order valence-corrected chi connectivity index (χ4v) is 0.576. The molecule has 0 aliphatic heterocycles. The summed E-state index contributed by atoms with van der Waals surface area (Å²) < 4.78 is 0. The monoisotopic (exact) mass is 173 g/mol. The third-order valence-electron chi connectivity index (χ3n) is 1.05. The van der Waals surface area contributed by atoms with Gasteiger partial charge in [-0.25, -0.2) is 4.79 Å². The summed E-state index contributed by atoms with van der Waals surface area (Å²) in [5.41, 5.74) is 1.78. The predicted octanol–water partition coefficient (Wildman–Crippen LogP) is 0.524. The van der Waals surface area contributed by atoms with Crippen LogP contribution in [0.1, 0.15) is 13.8 Å². The lowest BCUT2D eigenvalue weighted by molar-refractivity contribution is -0.603. The molecular weight excluding hydrogens is 160 g/mol. The zero-order valence-corrected chi connectivity index (χ0v) is 7.20. The number of rotatable bonds is 5. The molecule has 0 saturated heterocycles. The molecule has 0 unspecified atom stereocenters. The fraction of sp³-hybridized carbons (Fsp3) is 0.571. The van der Waals surface area contributed by atoms with E-state index in [9.17, 15) is 9.70 Å². The Kier molecular flexibility index (Phi) is 3.96. The van der Waals surface area contributed by atoms with Gasteiger partial charge in [-0.2, -0.15) is 0 Å². The van der Waals surface area contributed by atoms with Gasteiger partial charge in [-0.15, -0.1) is 5.43 Å². The molecule has 0 aromatic rings. The number of hydrazine groups is 1. The van der Waals surface area contributed by atoms with Gasteiger partial charge in [0.1, 0.15) is 4.87 Å². The summed E-state index contributed by atoms with van der Waals surface area (Å²) in [6.45, 7) is 7.09. The summed E-state index contributed by atoms with van der Waals surface area (Å²) in [5.74, 6) is -1.05. The molecule has 0 bridgehead atoms. The van der Waals surface area contributed by atoms with Gasteiger partial charge in [-0.1, -0.05) is 20.4 Å². The second kappa shape index (κ2) is 4.48. The van der Waals surface area contributed by atoms with Crippen LogP contribution in [0.15, 0.2) is 12.3 Å². The van der Waals surface area contributed by atoms with Gasteiger partial charge >= 0.3 is 5.97 Å². The first-order valence-corrected chi connectivity index (χ1v) is 3.57. The van der Waals surface area contributed by atoms with Gasteiger partial charge in [0.25, 0.3) is 0 Å². The highest BCUT2D eigenvalue weighted by Crippen LogP contribution is 1.91. The standard InChI is InChI=1S/C7H12N2O3/c1-5(2)4-9(12)8-6(3)7(10)11/h5H,3-4H2,1-2H3,(H-,8,10,11,12)/p+1. The molecule has 68 valence electrons. The van der Waals surface area contributed by atoms with E-state index < -0.39 is 5.97 Å². The van der Waals surface area contributed by atoms with Crippen LogP contribution in [0.5, 0.6) is 0 Å². The molecule has 0 aromatic carbocycles. The van der Waals surface area contributed by atoms with E-state index in [2.05, 4.69) is 12.0 Å². The van der Waals surface area contributed by atoms with Crippen molar-refractivity contribution in [3.05, 3.63) is 17.2 Å². The Labute approximate surface area is 70.6 Å². The van der Waals surface area contributed by atoms with Crippen LogP contribution in [-0.4, -0.2) is 22.5 Å². The van der Waals surface area contributed by atoms with Crippen LogP contribution in [0.3, 0.4) is 0 Å². The van der Waals surface area contributed by atoms with E-state index in [0.717, 1.165) is 0 Å². The number of hydrogen-bond donors (Lipinski definition) is 2. The Balaban J connectivity index is 3.85. The lowest BCUT2D eigenvalue weighted by Crippen LogP contribution is -2.31. The highest BCUT2D eigenvalue weighted by atomic mass is 16.4. The first kappa shape index (κ1) is 10.6. The first-order valence-electron chi connectivity index (χ1n) is 3.57. The number of carbonyl (C=O) groups is 1. The van der Waals surface area contributed by atoms with Crippen molar-refractivity contribution in [2.45, 2.75) is 13.8 Å². The number of carboxylic acids is 1. The Morgan fingerprint density at radius 2 is 2.17 bits per heavy atom. The Bertz CT molecular complexity index is 211. The van der Waals surface area contributed by atoms with E-state index in [-0.39, 0.29) is 18.2 Å². The number of hydrogen-bond acceptors (Lipinski definition) is 2. The van der Waals surface area contributed by atoms with Crippen LogP contribution in [0, 0.1) is 10.8 Å². The molecule has 0 aliphatic rings. The van der Waals surface area contributed by atoms with Crippen molar-refractivity contribution in [3.8, 4) is 0 Å². The lowest BCUT2D eigenvalue weighted by atomic mass is 10.2. The minimum Gasteiger partial charge on any atom is -0.476 e. The number of nitrogens with zero attached hydrogens (tertiary/aromatic N) is 1. The Morgan fingerprint density at radius 1 is 1.67 bits per heavy atom. The average Bonchev–Trinajstić information content (AvgIpc) is 1.84. The summed E-state index contributed by atoms with van der Waals surface area (Å²) in [5, 5.41) is 8.34. The molecule has 5 nitrogen and oxygen atoms in total. The highest BCUT2D eigenvalue weighted by Gasteiger charge is 2.15. The van der Waals surface area contributed by atoms with Gasteiger partial charge < -0.3 is 5.11 Å². The average molecular weight is 173 g/mol. The molecule has 0 amide bonds. The van der Waals surface area contributed by atoms with Gasteiger partial charge in [0.05, 0.1) is 4.91 Å². The molecule has 0 rings (SSSR count). The van der Waals surface area contributed by atoms with Crippen LogP contribution in [0.2, 0.25) is 0 Å². The molecule has 0 atom stereocenters. The third kappa shape index (κ3) is 4.43. The van der Waals surface area contributed by atoms with Crippen molar-refractivity contribution in [1.82, 2.24) is 5.43 Å². The summed E-state index contributed by atoms with van der Waals surface area (Å²) >= 11 is 0. The SMILES string of the molecule is C=C(N[N+](=O)CC(C)C)C(=O)O. The predicted molar refractivity (Wildman–Crippen MR) is 43.2 cm³/mol. The van der Waals surface area contributed by atoms with Crippen LogP contribution in [-0.2, 0) is 4.79 Å². The molecular formula is C7H13N2O3+. The van der Waals surface area contributed by atoms with Crippen molar-refractivity contribution >= 4 is 5.97 Å². The van der Waals surface area contributed by atoms with Crippen molar-refractivity contribution in [3.63, 3.8) is 0 Å². The maximum absolute atomic E-state index is 10.8. The van der Waals surface area contributed by atoms with Crippen molar-refractivity contribution in [1.29, 1.82) is 0 Å². The van der Waals surface area contributed by atoms with E-state index in [4.69, 9.17) is 5.11 Å². The summed E-state index contributed by atoms with van der Waals surface area (Å²) in [6.07, 6.45) is 0. The van der Waals surface area contributed by atoms with E-state index in [0.29, 0.717) is 4.87 Å². The number of nitrogens with one attached hydrogen (secondary N) is 1. The molecule has 0 heterocycles. The van der Waals surface area contributed by atoms with Gasteiger partial charge in [-0.3, -0.25) is 0 Å². The largest absolute Gasteiger partial charge is 0.476 e. The fourth-order valence-electron chi connectivity index (χ4n) is 0.576. The van der Waals surface area contributed by atoms with E-state index in [1.807, 2.05) is 13.8 Å². The highest BCUT2D eigenvalue weighted by molar-refractivity contribution is 5.84. The second-order valence-electron chi connectivity index (χ2n) is 2.85. The Hall–Kier alpha value is -1.39. The van der Waals surface area contributed by atoms with Crippen LogP contribution in [0.4, 0.5) is 0 Å². The van der Waals surface area contributed by atoms with E-state index in [1.165, 1.54) is 0 Å². The van der Waals surface area contributed by atoms with Gasteiger partial charge in [0.15, 0.2) is 5.70 Å². The molecule has 0 fully saturated rings. The normalized spacial score (nSPS) is 9.58. The minimum atomic E-state index is -1.22. The van der Waals surface area contributed by atoms with Crippen LogP contribution >= 0.6 is 0 Å². The minimum absolute atomic E-state index is 0.177. The summed E-state index contributed by atoms with van der Waals surface area (Å²) in [6, 6.07) is 0. The quantitative estimate of drug-likeness (QED) is 0.361. The molecule has 0 radical (unpaired) electrons. The summed E-state index contributed by atoms with van der Waals surface area (Å²) in [4.78, 5) is 21.5. The molecule has 0 spiro atoms. The molecule has 0 aromatic heterocycles. The van der Waals surface area contributed by atoms with Crippen LogP contribution < -0.4 is 5.43 Å². The van der Waals surface area contributed by atoms with Crippen molar-refractivity contribution in [2.75, 3.05) is 6.54 Å². The van der Waals surface area contributed by atoms with Gasteiger partial charge in [-0.05, 0) is 0 Å². The Morgan fingerprint density at radius 3 is 2.50 bits per heavy atom. The second-order valence-corrected chi connectivity index (χ2v) is 2.85. The zero-order chi connectivity index (χ0) is 9.72. The summed E-state index contributed by atoms with van der Waals surface area (Å²) in [7, 11) is 0.